The first-order valence-corrected chi connectivity index (χ1v) is 10.6. The summed E-state index contributed by atoms with van der Waals surface area (Å²) in [6.07, 6.45) is 7.87. The summed E-state index contributed by atoms with van der Waals surface area (Å²) in [7, 11) is 0. The molecule has 26 heavy (non-hydrogen) atoms. The lowest BCUT2D eigenvalue weighted by Crippen LogP contribution is -2.40. The topological polar surface area (TPSA) is 65.5 Å². The fourth-order valence-corrected chi connectivity index (χ4v) is 5.70. The zero-order valence-electron chi connectivity index (χ0n) is 15.1. The van der Waals surface area contributed by atoms with Gasteiger partial charge in [-0.3, -0.25) is 4.79 Å². The van der Waals surface area contributed by atoms with Crippen LogP contribution in [0.1, 0.15) is 56.0 Å². The van der Waals surface area contributed by atoms with Crippen LogP contribution in [0.4, 0.5) is 0 Å². The molecule has 4 rings (SSSR count). The fraction of sp³-hybridized carbons (Fsp3) is 0.600. The van der Waals surface area contributed by atoms with E-state index in [1.165, 1.54) is 30.4 Å². The van der Waals surface area contributed by atoms with E-state index in [-0.39, 0.29) is 17.9 Å². The second kappa shape index (κ2) is 8.03. The summed E-state index contributed by atoms with van der Waals surface area (Å²) in [4.78, 5) is 20.1. The number of nitrogens with zero attached hydrogens (tertiary/aromatic N) is 2. The van der Waals surface area contributed by atoms with Gasteiger partial charge in [0.2, 0.25) is 5.91 Å². The monoisotopic (exact) mass is 373 g/mol. The van der Waals surface area contributed by atoms with Gasteiger partial charge in [-0.15, -0.1) is 11.3 Å². The van der Waals surface area contributed by atoms with Gasteiger partial charge in [-0.1, -0.05) is 37.8 Å². The van der Waals surface area contributed by atoms with Crippen molar-refractivity contribution < 1.29 is 10.0 Å². The van der Waals surface area contributed by atoms with Gasteiger partial charge in [-0.05, 0) is 37.3 Å². The average molecular weight is 374 g/mol. The largest absolute Gasteiger partial charge is 0.333 e. The molecule has 1 aliphatic carbocycles. The highest BCUT2D eigenvalue weighted by molar-refractivity contribution is 7.18. The number of carbonyl (C=O) groups excluding carboxylic acids is 1. The zero-order valence-corrected chi connectivity index (χ0v) is 15.9. The van der Waals surface area contributed by atoms with Gasteiger partial charge in [-0.25, -0.2) is 10.5 Å². The Labute approximate surface area is 158 Å². The second-order valence-corrected chi connectivity index (χ2v) is 8.72. The molecule has 2 heterocycles. The van der Waals surface area contributed by atoms with Crippen molar-refractivity contribution in [2.45, 2.75) is 51.0 Å². The van der Waals surface area contributed by atoms with Gasteiger partial charge in [-0.2, -0.15) is 0 Å². The van der Waals surface area contributed by atoms with Crippen LogP contribution in [0.15, 0.2) is 24.3 Å². The number of likely N-dealkylation sites (tertiary alicyclic amines) is 1. The third kappa shape index (κ3) is 3.63. The highest BCUT2D eigenvalue weighted by Gasteiger charge is 2.36. The minimum absolute atomic E-state index is 0.0877. The fourth-order valence-electron chi connectivity index (χ4n) is 4.58. The molecule has 0 radical (unpaired) electrons. The van der Waals surface area contributed by atoms with Crippen molar-refractivity contribution in [3.05, 3.63) is 29.3 Å². The molecule has 1 aromatic heterocycles. The summed E-state index contributed by atoms with van der Waals surface area (Å²) in [5.41, 5.74) is 3.28. The van der Waals surface area contributed by atoms with E-state index in [0.717, 1.165) is 36.3 Å². The number of nitrogens with one attached hydrogen (secondary N) is 1. The number of aromatic nitrogens is 1. The second-order valence-electron chi connectivity index (χ2n) is 7.65. The molecule has 1 saturated carbocycles. The van der Waals surface area contributed by atoms with Crippen LogP contribution in [-0.2, 0) is 4.79 Å². The number of carbonyl (C=O) groups is 1. The number of fused-ring (bicyclic) bond motifs is 1. The first-order valence-electron chi connectivity index (χ1n) is 9.79. The van der Waals surface area contributed by atoms with Crippen molar-refractivity contribution in [2.75, 3.05) is 13.1 Å². The van der Waals surface area contributed by atoms with E-state index in [4.69, 9.17) is 4.98 Å². The normalized spacial score (nSPS) is 22.3. The quantitative estimate of drug-likeness (QED) is 0.747. The molecule has 2 aromatic rings. The SMILES string of the molecule is O=C([C@@H](CNO)CC1CCCC1)N1CCC[C@@H]1c1nc2ccccc2s1. The van der Waals surface area contributed by atoms with Crippen LogP contribution < -0.4 is 5.48 Å². The number of thiazole rings is 1. The van der Waals surface area contributed by atoms with Crippen molar-refractivity contribution in [3.63, 3.8) is 0 Å². The molecule has 1 aromatic carbocycles. The molecule has 0 bridgehead atoms. The van der Waals surface area contributed by atoms with Crippen molar-refractivity contribution in [2.24, 2.45) is 11.8 Å². The molecule has 2 fully saturated rings. The number of hydrogen-bond donors (Lipinski definition) is 2. The van der Waals surface area contributed by atoms with Crippen LogP contribution in [0.3, 0.4) is 0 Å². The molecule has 5 nitrogen and oxygen atoms in total. The zero-order chi connectivity index (χ0) is 17.9. The van der Waals surface area contributed by atoms with Crippen LogP contribution in [0, 0.1) is 11.8 Å². The maximum Gasteiger partial charge on any atom is 0.227 e. The van der Waals surface area contributed by atoms with Crippen LogP contribution in [-0.4, -0.2) is 34.1 Å². The van der Waals surface area contributed by atoms with Crippen molar-refractivity contribution in [3.8, 4) is 0 Å². The number of benzene rings is 1. The van der Waals surface area contributed by atoms with Gasteiger partial charge in [0, 0.05) is 13.1 Å². The van der Waals surface area contributed by atoms with E-state index in [2.05, 4.69) is 11.5 Å². The Morgan fingerprint density at radius 1 is 1.27 bits per heavy atom. The van der Waals surface area contributed by atoms with Gasteiger partial charge >= 0.3 is 0 Å². The number of rotatable bonds is 6. The smallest absolute Gasteiger partial charge is 0.227 e. The van der Waals surface area contributed by atoms with Gasteiger partial charge < -0.3 is 10.1 Å². The number of hydroxylamine groups is 1. The molecule has 1 aliphatic heterocycles. The lowest BCUT2D eigenvalue weighted by molar-refractivity contribution is -0.137. The highest BCUT2D eigenvalue weighted by Crippen LogP contribution is 2.38. The van der Waals surface area contributed by atoms with Crippen molar-refractivity contribution >= 4 is 27.5 Å². The minimum atomic E-state index is -0.141. The third-order valence-electron chi connectivity index (χ3n) is 5.91. The Morgan fingerprint density at radius 3 is 2.85 bits per heavy atom. The summed E-state index contributed by atoms with van der Waals surface area (Å²) < 4.78 is 1.18. The highest BCUT2D eigenvalue weighted by atomic mass is 32.1. The van der Waals surface area contributed by atoms with Crippen molar-refractivity contribution in [1.29, 1.82) is 0 Å². The van der Waals surface area contributed by atoms with Gasteiger partial charge in [0.1, 0.15) is 5.01 Å². The first-order chi connectivity index (χ1) is 12.8. The van der Waals surface area contributed by atoms with E-state index in [0.29, 0.717) is 12.5 Å². The standard InChI is InChI=1S/C20H27N3O2S/c24-20(15(13-21-25)12-14-6-1-2-7-14)23-11-5-9-17(23)19-22-16-8-3-4-10-18(16)26-19/h3-4,8,10,14-15,17,21,25H,1-2,5-7,9,11-13H2/t15-,17-/m1/s1. The first kappa shape index (κ1) is 17.9. The Bertz CT molecular complexity index is 723. The molecular weight excluding hydrogens is 346 g/mol. The molecule has 2 atom stereocenters. The summed E-state index contributed by atoms with van der Waals surface area (Å²) in [6.45, 7) is 1.14. The van der Waals surface area contributed by atoms with Gasteiger partial charge in [0.05, 0.1) is 22.2 Å². The van der Waals surface area contributed by atoms with E-state index in [1.54, 1.807) is 11.3 Å². The number of hydrogen-bond acceptors (Lipinski definition) is 5. The van der Waals surface area contributed by atoms with E-state index < -0.39 is 0 Å². The van der Waals surface area contributed by atoms with E-state index >= 15 is 0 Å². The average Bonchev–Trinajstić information content (AvgIpc) is 3.39. The summed E-state index contributed by atoms with van der Waals surface area (Å²) in [6, 6.07) is 8.26. The molecule has 1 amide bonds. The Kier molecular flexibility index (Phi) is 5.52. The van der Waals surface area contributed by atoms with E-state index in [1.807, 2.05) is 23.1 Å². The number of para-hydroxylation sites is 1. The summed E-state index contributed by atoms with van der Waals surface area (Å²) >= 11 is 1.70. The summed E-state index contributed by atoms with van der Waals surface area (Å²) in [5.74, 6) is 0.666. The maximum absolute atomic E-state index is 13.3. The molecule has 0 unspecified atom stereocenters. The van der Waals surface area contributed by atoms with E-state index in [9.17, 15) is 10.0 Å². The third-order valence-corrected chi connectivity index (χ3v) is 7.05. The Hall–Kier alpha value is -1.50. The van der Waals surface area contributed by atoms with Crippen molar-refractivity contribution in [1.82, 2.24) is 15.4 Å². The molecule has 0 spiro atoms. The van der Waals surface area contributed by atoms with Crippen LogP contribution >= 0.6 is 11.3 Å². The van der Waals surface area contributed by atoms with Crippen LogP contribution in [0.25, 0.3) is 10.2 Å². The number of amides is 1. The van der Waals surface area contributed by atoms with Gasteiger partial charge in [0.25, 0.3) is 0 Å². The van der Waals surface area contributed by atoms with Gasteiger partial charge in [0.15, 0.2) is 0 Å². The lowest BCUT2D eigenvalue weighted by Gasteiger charge is -2.29. The molecule has 6 heteroatoms. The Balaban J connectivity index is 1.52. The molecule has 2 aliphatic rings. The maximum atomic E-state index is 13.3. The Morgan fingerprint density at radius 2 is 2.08 bits per heavy atom. The molecular formula is C20H27N3O2S. The molecule has 140 valence electrons. The van der Waals surface area contributed by atoms with Crippen LogP contribution in [0.5, 0.6) is 0 Å². The molecule has 1 saturated heterocycles. The predicted molar refractivity (Wildman–Crippen MR) is 103 cm³/mol. The minimum Gasteiger partial charge on any atom is -0.333 e. The predicted octanol–water partition coefficient (Wildman–Crippen LogP) is 4.14. The molecule has 2 N–H and O–H groups in total. The van der Waals surface area contributed by atoms with Crippen LogP contribution in [0.2, 0.25) is 0 Å². The summed E-state index contributed by atoms with van der Waals surface area (Å²) in [5, 5.41) is 10.3. The lowest BCUT2D eigenvalue weighted by atomic mass is 9.92.